The van der Waals surface area contributed by atoms with Gasteiger partial charge in [-0.05, 0) is 30.2 Å². The molecule has 0 spiro atoms. The minimum absolute atomic E-state index is 0.125. The maximum Gasteiger partial charge on any atom is 0.490 e. The molecule has 0 radical (unpaired) electrons. The highest BCUT2D eigenvalue weighted by atomic mass is 79.9. The topological polar surface area (TPSA) is 154 Å². The number of H-pyrrole nitrogens is 1. The van der Waals surface area contributed by atoms with Gasteiger partial charge in [-0.15, -0.1) is 0 Å². The molecule has 0 fully saturated rings. The molecule has 0 saturated carbocycles. The Morgan fingerprint density at radius 2 is 1.97 bits per heavy atom. The van der Waals surface area contributed by atoms with Crippen molar-refractivity contribution in [2.75, 3.05) is 12.3 Å². The van der Waals surface area contributed by atoms with E-state index in [1.54, 1.807) is 0 Å². The minimum atomic E-state index is -5.08. The Morgan fingerprint density at radius 3 is 2.53 bits per heavy atom. The molecule has 158 valence electrons. The number of benzene rings is 1. The lowest BCUT2D eigenvalue weighted by Crippen LogP contribution is -2.29. The van der Waals surface area contributed by atoms with Gasteiger partial charge in [-0.3, -0.25) is 4.79 Å². The maximum absolute atomic E-state index is 12.3. The summed E-state index contributed by atoms with van der Waals surface area (Å²) in [6.45, 7) is 0.443. The summed E-state index contributed by atoms with van der Waals surface area (Å²) in [5.41, 5.74) is 9.44. The third-order valence-corrected chi connectivity index (χ3v) is 4.61. The number of hydrogen-bond donors (Lipinski definition) is 5. The number of hydrogen-bond acceptors (Lipinski definition) is 6. The molecule has 1 amide bonds. The number of nitrogens with zero attached hydrogens (tertiary/aromatic N) is 2. The van der Waals surface area contributed by atoms with Gasteiger partial charge in [0.25, 0.3) is 5.91 Å². The molecule has 1 aromatic heterocycles. The number of nitrogens with one attached hydrogen (secondary N) is 2. The van der Waals surface area contributed by atoms with Gasteiger partial charge in [0.05, 0.1) is 5.69 Å². The lowest BCUT2D eigenvalue weighted by atomic mass is 9.94. The smallest absolute Gasteiger partial charge is 0.490 e. The highest BCUT2D eigenvalue weighted by Crippen LogP contribution is 2.43. The van der Waals surface area contributed by atoms with E-state index < -0.39 is 12.1 Å². The molecule has 30 heavy (non-hydrogen) atoms. The Kier molecular flexibility index (Phi) is 5.57. The van der Waals surface area contributed by atoms with E-state index >= 15 is 0 Å². The number of halogens is 4. The molecule has 9 nitrogen and oxygen atoms in total. The van der Waals surface area contributed by atoms with E-state index in [4.69, 9.17) is 15.6 Å². The third kappa shape index (κ3) is 4.15. The number of aromatic hydroxyl groups is 1. The molecule has 2 aromatic rings. The Hall–Kier alpha value is -3.35. The predicted molar refractivity (Wildman–Crippen MR) is 104 cm³/mol. The van der Waals surface area contributed by atoms with Crippen molar-refractivity contribution in [2.45, 2.75) is 12.6 Å². The van der Waals surface area contributed by atoms with Gasteiger partial charge in [-0.1, -0.05) is 15.9 Å². The van der Waals surface area contributed by atoms with Gasteiger partial charge in [0.1, 0.15) is 11.4 Å². The Bertz CT molecular complexity index is 1110. The van der Waals surface area contributed by atoms with Crippen molar-refractivity contribution in [3.63, 3.8) is 0 Å². The Labute approximate surface area is 174 Å². The molecule has 0 unspecified atom stereocenters. The highest BCUT2D eigenvalue weighted by molar-refractivity contribution is 9.10. The van der Waals surface area contributed by atoms with Crippen LogP contribution in [0.4, 0.5) is 24.8 Å². The number of anilines is 1. The van der Waals surface area contributed by atoms with Crippen LogP contribution in [-0.4, -0.2) is 50.5 Å². The first kappa shape index (κ1) is 21.4. The van der Waals surface area contributed by atoms with E-state index in [1.807, 2.05) is 18.2 Å². The molecule has 1 aromatic carbocycles. The van der Waals surface area contributed by atoms with Crippen molar-refractivity contribution in [1.82, 2.24) is 15.3 Å². The molecule has 0 saturated heterocycles. The van der Waals surface area contributed by atoms with Crippen LogP contribution in [0.2, 0.25) is 0 Å². The van der Waals surface area contributed by atoms with Gasteiger partial charge in [-0.2, -0.15) is 18.2 Å². The van der Waals surface area contributed by atoms with E-state index in [0.717, 1.165) is 21.3 Å². The lowest BCUT2D eigenvalue weighted by Gasteiger charge is -2.09. The summed E-state index contributed by atoms with van der Waals surface area (Å²) in [5.74, 6) is -3.04. The predicted octanol–water partition coefficient (Wildman–Crippen LogP) is 2.61. The fourth-order valence-corrected chi connectivity index (χ4v) is 3.29. The van der Waals surface area contributed by atoms with E-state index in [0.29, 0.717) is 29.9 Å². The quantitative estimate of drug-likeness (QED) is 0.416. The molecular weight excluding hydrogens is 475 g/mol. The number of carbonyl (C=O) groups excluding carboxylic acids is 1. The van der Waals surface area contributed by atoms with Crippen LogP contribution < -0.4 is 11.1 Å². The molecule has 0 aliphatic carbocycles. The zero-order valence-corrected chi connectivity index (χ0v) is 16.4. The number of aliphatic imine (C=N–C) groups is 1. The number of carbonyl (C=O) groups is 2. The number of aromatic amines is 1. The Morgan fingerprint density at radius 1 is 1.30 bits per heavy atom. The van der Waals surface area contributed by atoms with Crippen LogP contribution in [0.25, 0.3) is 11.1 Å². The number of imidazole rings is 1. The number of amides is 1. The van der Waals surface area contributed by atoms with E-state index in [1.165, 1.54) is 0 Å². The van der Waals surface area contributed by atoms with Crippen LogP contribution in [0.1, 0.15) is 17.7 Å². The summed E-state index contributed by atoms with van der Waals surface area (Å²) < 4.78 is 32.6. The first-order valence-electron chi connectivity index (χ1n) is 8.24. The second-order valence-electron chi connectivity index (χ2n) is 6.10. The molecule has 13 heteroatoms. The van der Waals surface area contributed by atoms with Gasteiger partial charge in [0.2, 0.25) is 11.8 Å². The van der Waals surface area contributed by atoms with E-state index in [2.05, 4.69) is 36.2 Å². The number of rotatable bonds is 1. The van der Waals surface area contributed by atoms with Crippen LogP contribution in [0, 0.1) is 0 Å². The van der Waals surface area contributed by atoms with Gasteiger partial charge in [-0.25, -0.2) is 9.79 Å². The summed E-state index contributed by atoms with van der Waals surface area (Å²) in [5, 5.41) is 20.0. The lowest BCUT2D eigenvalue weighted by molar-refractivity contribution is -0.192. The molecule has 2 aliphatic heterocycles. The van der Waals surface area contributed by atoms with Crippen LogP contribution in [0.3, 0.4) is 0 Å². The number of alkyl halides is 3. The summed E-state index contributed by atoms with van der Waals surface area (Å²) in [7, 11) is 0. The largest absolute Gasteiger partial charge is 0.492 e. The second kappa shape index (κ2) is 7.82. The van der Waals surface area contributed by atoms with Crippen molar-refractivity contribution in [1.29, 1.82) is 0 Å². The van der Waals surface area contributed by atoms with Gasteiger partial charge < -0.3 is 26.2 Å². The molecule has 6 N–H and O–H groups in total. The van der Waals surface area contributed by atoms with Gasteiger partial charge >= 0.3 is 12.1 Å². The molecule has 0 bridgehead atoms. The first-order chi connectivity index (χ1) is 14.0. The molecule has 0 atom stereocenters. The molecule has 3 heterocycles. The first-order valence-corrected chi connectivity index (χ1v) is 9.03. The number of carboxylic acid groups (broad SMARTS) is 1. The summed E-state index contributed by atoms with van der Waals surface area (Å²) >= 11 is 3.45. The van der Waals surface area contributed by atoms with Crippen LogP contribution in [0.15, 0.2) is 27.7 Å². The number of carboxylic acids is 1. The summed E-state index contributed by atoms with van der Waals surface area (Å²) in [6.07, 6.45) is -4.55. The van der Waals surface area contributed by atoms with Crippen LogP contribution >= 0.6 is 15.9 Å². The average molecular weight is 488 g/mol. The number of aromatic nitrogens is 2. The number of nitrogens with two attached hydrogens (primary N) is 1. The number of nitrogen functional groups attached to an aromatic ring is 1. The average Bonchev–Trinajstić information content (AvgIpc) is 3.12. The number of aliphatic carboxylic acids is 1. The highest BCUT2D eigenvalue weighted by Gasteiger charge is 2.38. The SMILES string of the molecule is Nc1nc(O)c(C2=C3C(=Nc4ccc(Br)cc43)C(=O)NCC2)[nH]1.O=C(O)C(F)(F)F. The molecule has 2 aliphatic rings. The Balaban J connectivity index is 0.000000318. The van der Waals surface area contributed by atoms with Crippen LogP contribution in [0.5, 0.6) is 5.88 Å². The van der Waals surface area contributed by atoms with E-state index in [-0.39, 0.29) is 17.7 Å². The summed E-state index contributed by atoms with van der Waals surface area (Å²) in [4.78, 5) is 32.3. The summed E-state index contributed by atoms with van der Waals surface area (Å²) in [6, 6.07) is 5.63. The van der Waals surface area contributed by atoms with E-state index in [9.17, 15) is 23.1 Å². The number of fused-ring (bicyclic) bond motifs is 3. The van der Waals surface area contributed by atoms with Crippen molar-refractivity contribution in [3.05, 3.63) is 33.9 Å². The van der Waals surface area contributed by atoms with Crippen molar-refractivity contribution >= 4 is 56.3 Å². The monoisotopic (exact) mass is 487 g/mol. The minimum Gasteiger partial charge on any atom is -0.492 e. The zero-order chi connectivity index (χ0) is 22.2. The third-order valence-electron chi connectivity index (χ3n) is 4.12. The normalized spacial score (nSPS) is 15.3. The molecule has 4 rings (SSSR count). The fourth-order valence-electron chi connectivity index (χ4n) is 2.93. The van der Waals surface area contributed by atoms with Gasteiger partial charge in [0, 0.05) is 22.2 Å². The molecular formula is C17H13BrF3N5O4. The van der Waals surface area contributed by atoms with Crippen molar-refractivity contribution < 1.29 is 33.0 Å². The van der Waals surface area contributed by atoms with Crippen molar-refractivity contribution in [2.24, 2.45) is 4.99 Å². The van der Waals surface area contributed by atoms with Crippen molar-refractivity contribution in [3.8, 4) is 5.88 Å². The van der Waals surface area contributed by atoms with Crippen LogP contribution in [-0.2, 0) is 9.59 Å². The van der Waals surface area contributed by atoms with Gasteiger partial charge in [0.15, 0.2) is 0 Å². The fraction of sp³-hybridized carbons (Fsp3) is 0.176. The second-order valence-corrected chi connectivity index (χ2v) is 7.02. The zero-order valence-electron chi connectivity index (χ0n) is 14.8. The maximum atomic E-state index is 12.3. The standard InChI is InChI=1S/C15H12BrN5O2.C2HF3O2/c16-6-1-2-9-8(5-6)10-7(11-14(23)21-15(17)20-11)3-4-18-13(22)12(10)19-9;3-2(4,5)1(6)7/h1-2,5,23H,3-4H2,(H,18,22)(H3,17,20,21);(H,6,7).